The predicted octanol–water partition coefficient (Wildman–Crippen LogP) is 0.947. The highest BCUT2D eigenvalue weighted by atomic mass is 32.2. The molecule has 0 atom stereocenters. The van der Waals surface area contributed by atoms with Crippen molar-refractivity contribution in [2.45, 2.75) is 32.7 Å². The minimum atomic E-state index is 0.357. The molecule has 0 fully saturated rings. The number of rotatable bonds is 6. The van der Waals surface area contributed by atoms with Crippen LogP contribution in [0.1, 0.15) is 26.7 Å². The van der Waals surface area contributed by atoms with Crippen molar-refractivity contribution >= 4 is 17.7 Å². The van der Waals surface area contributed by atoms with Crippen molar-refractivity contribution in [2.75, 3.05) is 18.6 Å². The number of thioether (sulfide) groups is 1. The molecule has 84 valence electrons. The summed E-state index contributed by atoms with van der Waals surface area (Å²) in [5.41, 5.74) is 2.56. The van der Waals surface area contributed by atoms with E-state index >= 15 is 0 Å². The second-order valence-electron chi connectivity index (χ2n) is 3.37. The van der Waals surface area contributed by atoms with Gasteiger partial charge in [0, 0.05) is 12.6 Å². The number of nitrogens with one attached hydrogen (secondary N) is 2. The Hall–Kier alpha value is -0.420. The van der Waals surface area contributed by atoms with Crippen LogP contribution in [0.15, 0.2) is 4.99 Å². The van der Waals surface area contributed by atoms with Crippen LogP contribution in [0.4, 0.5) is 0 Å². The molecule has 0 aliphatic carbocycles. The fourth-order valence-corrected chi connectivity index (χ4v) is 1.45. The van der Waals surface area contributed by atoms with E-state index in [1.54, 1.807) is 0 Å². The molecule has 0 aliphatic heterocycles. The summed E-state index contributed by atoms with van der Waals surface area (Å²) in [6, 6.07) is 0.357. The Kier molecular flexibility index (Phi) is 8.87. The molecule has 0 aromatic rings. The molecule has 0 aromatic heterocycles. The van der Waals surface area contributed by atoms with Crippen LogP contribution < -0.4 is 16.6 Å². The fourth-order valence-electron chi connectivity index (χ4n) is 0.955. The third-order valence-electron chi connectivity index (χ3n) is 1.59. The summed E-state index contributed by atoms with van der Waals surface area (Å²) in [5.74, 6) is 7.21. The van der Waals surface area contributed by atoms with E-state index in [-0.39, 0.29) is 0 Å². The third kappa shape index (κ3) is 8.19. The lowest BCUT2D eigenvalue weighted by Gasteiger charge is -2.11. The van der Waals surface area contributed by atoms with Crippen molar-refractivity contribution < 1.29 is 0 Å². The normalized spacial score (nSPS) is 11.9. The van der Waals surface area contributed by atoms with Gasteiger partial charge in [-0.2, -0.15) is 11.8 Å². The van der Waals surface area contributed by atoms with Crippen LogP contribution >= 0.6 is 11.8 Å². The van der Waals surface area contributed by atoms with Gasteiger partial charge in [-0.1, -0.05) is 0 Å². The van der Waals surface area contributed by atoms with Gasteiger partial charge < -0.3 is 5.32 Å². The van der Waals surface area contributed by atoms with Gasteiger partial charge in [0.05, 0.1) is 0 Å². The molecule has 0 heterocycles. The summed E-state index contributed by atoms with van der Waals surface area (Å²) in [6.07, 6.45) is 4.45. The molecular formula is C9H22N4S. The van der Waals surface area contributed by atoms with E-state index in [2.05, 4.69) is 35.8 Å². The monoisotopic (exact) mass is 218 g/mol. The first-order chi connectivity index (χ1) is 6.70. The maximum atomic E-state index is 5.31. The van der Waals surface area contributed by atoms with Gasteiger partial charge in [-0.25, -0.2) is 5.84 Å². The van der Waals surface area contributed by atoms with Crippen molar-refractivity contribution in [3.63, 3.8) is 0 Å². The minimum Gasteiger partial charge on any atom is -0.353 e. The fraction of sp³-hybridized carbons (Fsp3) is 0.889. The van der Waals surface area contributed by atoms with E-state index in [4.69, 9.17) is 5.84 Å². The lowest BCUT2D eigenvalue weighted by Crippen LogP contribution is -2.44. The molecular weight excluding hydrogens is 196 g/mol. The first kappa shape index (κ1) is 13.6. The van der Waals surface area contributed by atoms with Crippen LogP contribution in [0.3, 0.4) is 0 Å². The number of hydrogen-bond donors (Lipinski definition) is 3. The highest BCUT2D eigenvalue weighted by Gasteiger charge is 1.97. The van der Waals surface area contributed by atoms with Crippen LogP contribution in [0, 0.1) is 0 Å². The second-order valence-corrected chi connectivity index (χ2v) is 4.36. The van der Waals surface area contributed by atoms with Gasteiger partial charge in [0.15, 0.2) is 0 Å². The van der Waals surface area contributed by atoms with E-state index < -0.39 is 0 Å². The second kappa shape index (κ2) is 9.15. The van der Waals surface area contributed by atoms with Gasteiger partial charge in [0.2, 0.25) is 5.96 Å². The summed E-state index contributed by atoms with van der Waals surface area (Å²) in [4.78, 5) is 4.31. The first-order valence-corrected chi connectivity index (χ1v) is 6.36. The molecule has 0 spiro atoms. The summed E-state index contributed by atoms with van der Waals surface area (Å²) in [5, 5.41) is 3.13. The maximum Gasteiger partial charge on any atom is 0.205 e. The summed E-state index contributed by atoms with van der Waals surface area (Å²) < 4.78 is 0. The molecule has 5 heteroatoms. The Morgan fingerprint density at radius 2 is 2.14 bits per heavy atom. The molecule has 0 unspecified atom stereocenters. The standard InChI is InChI=1S/C9H22N4S/c1-8(2)12-9(13-10)11-6-4-5-7-14-3/h8H,4-7,10H2,1-3H3,(H2,11,12,13). The van der Waals surface area contributed by atoms with E-state index in [1.807, 2.05) is 11.8 Å². The predicted molar refractivity (Wildman–Crippen MR) is 65.5 cm³/mol. The first-order valence-electron chi connectivity index (χ1n) is 4.97. The molecule has 0 aliphatic rings. The minimum absolute atomic E-state index is 0.357. The van der Waals surface area contributed by atoms with Crippen LogP contribution in [0.5, 0.6) is 0 Å². The number of unbranched alkanes of at least 4 members (excludes halogenated alkanes) is 1. The molecule has 0 saturated heterocycles. The van der Waals surface area contributed by atoms with Crippen LogP contribution in [0.2, 0.25) is 0 Å². The Balaban J connectivity index is 3.59. The van der Waals surface area contributed by atoms with Crippen molar-refractivity contribution in [2.24, 2.45) is 10.8 Å². The number of hydrazine groups is 1. The average molecular weight is 218 g/mol. The van der Waals surface area contributed by atoms with E-state index in [0.29, 0.717) is 12.0 Å². The highest BCUT2D eigenvalue weighted by molar-refractivity contribution is 7.98. The van der Waals surface area contributed by atoms with Gasteiger partial charge in [-0.3, -0.25) is 10.4 Å². The zero-order valence-corrected chi connectivity index (χ0v) is 10.2. The van der Waals surface area contributed by atoms with Crippen LogP contribution in [-0.4, -0.2) is 30.6 Å². The molecule has 4 nitrogen and oxygen atoms in total. The van der Waals surface area contributed by atoms with Crippen molar-refractivity contribution in [3.8, 4) is 0 Å². The van der Waals surface area contributed by atoms with Gasteiger partial charge in [-0.15, -0.1) is 0 Å². The molecule has 0 rings (SSSR count). The maximum absolute atomic E-state index is 5.31. The SMILES string of the molecule is CSCCCCN=C(NN)NC(C)C. The number of hydrogen-bond acceptors (Lipinski definition) is 3. The third-order valence-corrected chi connectivity index (χ3v) is 2.29. The zero-order chi connectivity index (χ0) is 10.8. The zero-order valence-electron chi connectivity index (χ0n) is 9.34. The number of guanidine groups is 1. The molecule has 0 aromatic carbocycles. The van der Waals surface area contributed by atoms with Gasteiger partial charge in [0.1, 0.15) is 0 Å². The molecule has 0 radical (unpaired) electrons. The molecule has 0 bridgehead atoms. The quantitative estimate of drug-likeness (QED) is 0.204. The number of nitrogens with zero attached hydrogens (tertiary/aromatic N) is 1. The molecule has 4 N–H and O–H groups in total. The van der Waals surface area contributed by atoms with Crippen molar-refractivity contribution in [1.82, 2.24) is 10.7 Å². The molecule has 0 amide bonds. The Labute approximate surface area is 91.1 Å². The van der Waals surface area contributed by atoms with Crippen LogP contribution in [-0.2, 0) is 0 Å². The number of nitrogens with two attached hydrogens (primary N) is 1. The molecule has 14 heavy (non-hydrogen) atoms. The summed E-state index contributed by atoms with van der Waals surface area (Å²) in [7, 11) is 0. The Morgan fingerprint density at radius 3 is 2.64 bits per heavy atom. The highest BCUT2D eigenvalue weighted by Crippen LogP contribution is 1.98. The topological polar surface area (TPSA) is 62.4 Å². The van der Waals surface area contributed by atoms with Crippen molar-refractivity contribution in [3.05, 3.63) is 0 Å². The van der Waals surface area contributed by atoms with Crippen molar-refractivity contribution in [1.29, 1.82) is 0 Å². The van der Waals surface area contributed by atoms with E-state index in [9.17, 15) is 0 Å². The number of aliphatic imine (C=N–C) groups is 1. The van der Waals surface area contributed by atoms with E-state index in [0.717, 1.165) is 13.0 Å². The van der Waals surface area contributed by atoms with E-state index in [1.165, 1.54) is 12.2 Å². The lowest BCUT2D eigenvalue weighted by molar-refractivity contribution is 0.697. The summed E-state index contributed by atoms with van der Waals surface area (Å²) >= 11 is 1.87. The smallest absolute Gasteiger partial charge is 0.205 e. The van der Waals surface area contributed by atoms with Gasteiger partial charge in [0.25, 0.3) is 0 Å². The largest absolute Gasteiger partial charge is 0.353 e. The lowest BCUT2D eigenvalue weighted by atomic mass is 10.3. The van der Waals surface area contributed by atoms with Crippen LogP contribution in [0.25, 0.3) is 0 Å². The van der Waals surface area contributed by atoms with Gasteiger partial charge >= 0.3 is 0 Å². The summed E-state index contributed by atoms with van der Waals surface area (Å²) in [6.45, 7) is 4.95. The Morgan fingerprint density at radius 1 is 1.43 bits per heavy atom. The van der Waals surface area contributed by atoms with Gasteiger partial charge in [-0.05, 0) is 38.7 Å². The average Bonchev–Trinajstić information content (AvgIpc) is 2.15. The molecule has 0 saturated carbocycles. The Bertz CT molecular complexity index is 159.